The largest absolute Gasteiger partial charge is 0.488 e. The van der Waals surface area contributed by atoms with Crippen LogP contribution in [0.1, 0.15) is 15.9 Å². The van der Waals surface area contributed by atoms with Crippen LogP contribution in [0.25, 0.3) is 0 Å². The van der Waals surface area contributed by atoms with Crippen molar-refractivity contribution in [2.24, 2.45) is 0 Å². The van der Waals surface area contributed by atoms with Gasteiger partial charge in [0.15, 0.2) is 0 Å². The van der Waals surface area contributed by atoms with Crippen molar-refractivity contribution in [3.63, 3.8) is 0 Å². The predicted octanol–water partition coefficient (Wildman–Crippen LogP) is 4.33. The average Bonchev–Trinajstić information content (AvgIpc) is 2.39. The minimum absolute atomic E-state index is 0.230. The van der Waals surface area contributed by atoms with Gasteiger partial charge in [0, 0.05) is 3.57 Å². The molecule has 0 aliphatic heterocycles. The molecule has 0 aromatic heterocycles. The second-order valence-corrected chi connectivity index (χ2v) is 5.97. The Bertz CT molecular complexity index is 596. The van der Waals surface area contributed by atoms with Crippen molar-refractivity contribution in [2.45, 2.75) is 6.61 Å². The highest BCUT2D eigenvalue weighted by atomic mass is 127. The zero-order valence-electron chi connectivity index (χ0n) is 9.77. The predicted molar refractivity (Wildman–Crippen MR) is 84.6 cm³/mol. The van der Waals surface area contributed by atoms with Gasteiger partial charge in [-0.1, -0.05) is 12.1 Å². The second-order valence-electron chi connectivity index (χ2n) is 3.87. The molecule has 0 unspecified atom stereocenters. The van der Waals surface area contributed by atoms with Crippen LogP contribution in [0.3, 0.4) is 0 Å². The fourth-order valence-electron chi connectivity index (χ4n) is 1.49. The molecule has 0 atom stereocenters. The van der Waals surface area contributed by atoms with Gasteiger partial charge >= 0.3 is 5.97 Å². The van der Waals surface area contributed by atoms with Crippen LogP contribution in [-0.2, 0) is 6.61 Å². The van der Waals surface area contributed by atoms with Gasteiger partial charge in [-0.3, -0.25) is 0 Å². The van der Waals surface area contributed by atoms with Gasteiger partial charge in [-0.25, -0.2) is 4.79 Å². The molecule has 2 aromatic rings. The molecular weight excluding hydrogens is 423 g/mol. The van der Waals surface area contributed by atoms with Crippen LogP contribution in [0.5, 0.6) is 5.75 Å². The molecule has 2 rings (SSSR count). The third-order valence-electron chi connectivity index (χ3n) is 2.49. The first-order chi connectivity index (χ1) is 9.06. The molecule has 0 radical (unpaired) electrons. The summed E-state index contributed by atoms with van der Waals surface area (Å²) in [7, 11) is 0. The molecular formula is C14H10BrIO3. The molecule has 0 heterocycles. The van der Waals surface area contributed by atoms with Crippen molar-refractivity contribution >= 4 is 44.5 Å². The Morgan fingerprint density at radius 1 is 1.21 bits per heavy atom. The maximum Gasteiger partial charge on any atom is 0.335 e. The van der Waals surface area contributed by atoms with Crippen molar-refractivity contribution in [1.29, 1.82) is 0 Å². The fourth-order valence-corrected chi connectivity index (χ4v) is 2.35. The lowest BCUT2D eigenvalue weighted by atomic mass is 10.2. The highest BCUT2D eigenvalue weighted by molar-refractivity contribution is 14.1. The lowest BCUT2D eigenvalue weighted by Crippen LogP contribution is -1.99. The second kappa shape index (κ2) is 6.38. The summed E-state index contributed by atoms with van der Waals surface area (Å²) in [6.07, 6.45) is 0. The van der Waals surface area contributed by atoms with Crippen LogP contribution in [0.15, 0.2) is 46.9 Å². The summed E-state index contributed by atoms with van der Waals surface area (Å²) in [4.78, 5) is 10.8. The Kier molecular flexibility index (Phi) is 4.81. The number of carbonyl (C=O) groups is 1. The SMILES string of the molecule is O=C(O)c1ccc(OCc2ccc(I)cc2)c(Br)c1. The summed E-state index contributed by atoms with van der Waals surface area (Å²) in [5.74, 6) is -0.326. The summed E-state index contributed by atoms with van der Waals surface area (Å²) in [5.41, 5.74) is 1.29. The number of hydrogen-bond donors (Lipinski definition) is 1. The van der Waals surface area contributed by atoms with E-state index < -0.39 is 5.97 Å². The van der Waals surface area contributed by atoms with Crippen LogP contribution in [0.4, 0.5) is 0 Å². The van der Waals surface area contributed by atoms with Crippen LogP contribution in [-0.4, -0.2) is 11.1 Å². The zero-order chi connectivity index (χ0) is 13.8. The van der Waals surface area contributed by atoms with E-state index >= 15 is 0 Å². The third kappa shape index (κ3) is 3.94. The van der Waals surface area contributed by atoms with Gasteiger partial charge in [-0.2, -0.15) is 0 Å². The highest BCUT2D eigenvalue weighted by Crippen LogP contribution is 2.26. The summed E-state index contributed by atoms with van der Waals surface area (Å²) in [5, 5.41) is 8.87. The van der Waals surface area contributed by atoms with Crippen LogP contribution < -0.4 is 4.74 Å². The lowest BCUT2D eigenvalue weighted by molar-refractivity contribution is 0.0696. The molecule has 98 valence electrons. The number of ether oxygens (including phenoxy) is 1. The van der Waals surface area contributed by atoms with Gasteiger partial charge in [-0.05, 0) is 74.4 Å². The number of benzene rings is 2. The van der Waals surface area contributed by atoms with E-state index in [9.17, 15) is 4.79 Å². The van der Waals surface area contributed by atoms with Crippen molar-refractivity contribution in [2.75, 3.05) is 0 Å². The maximum atomic E-state index is 10.8. The van der Waals surface area contributed by atoms with Crippen molar-refractivity contribution in [3.8, 4) is 5.75 Å². The van der Waals surface area contributed by atoms with Crippen molar-refractivity contribution in [1.82, 2.24) is 0 Å². The van der Waals surface area contributed by atoms with Gasteiger partial charge in [0.05, 0.1) is 10.0 Å². The topological polar surface area (TPSA) is 46.5 Å². The van der Waals surface area contributed by atoms with Gasteiger partial charge in [0.2, 0.25) is 0 Å². The van der Waals surface area contributed by atoms with Crippen molar-refractivity contribution < 1.29 is 14.6 Å². The Balaban J connectivity index is 2.07. The minimum atomic E-state index is -0.954. The zero-order valence-corrected chi connectivity index (χ0v) is 13.5. The van der Waals surface area contributed by atoms with Gasteiger partial charge < -0.3 is 9.84 Å². The van der Waals surface area contributed by atoms with E-state index in [0.29, 0.717) is 16.8 Å². The Morgan fingerprint density at radius 3 is 2.47 bits per heavy atom. The maximum absolute atomic E-state index is 10.8. The van der Waals surface area contributed by atoms with Gasteiger partial charge in [0.25, 0.3) is 0 Å². The lowest BCUT2D eigenvalue weighted by Gasteiger charge is -2.09. The standard InChI is InChI=1S/C14H10BrIO3/c15-12-7-10(14(17)18)3-6-13(12)19-8-9-1-4-11(16)5-2-9/h1-7H,8H2,(H,17,18). The highest BCUT2D eigenvalue weighted by Gasteiger charge is 2.07. The number of hydrogen-bond acceptors (Lipinski definition) is 2. The molecule has 2 aromatic carbocycles. The molecule has 0 saturated carbocycles. The van der Waals surface area contributed by atoms with E-state index in [1.54, 1.807) is 6.07 Å². The average molecular weight is 433 g/mol. The molecule has 19 heavy (non-hydrogen) atoms. The van der Waals surface area contributed by atoms with Crippen LogP contribution >= 0.6 is 38.5 Å². The molecule has 0 bridgehead atoms. The quantitative estimate of drug-likeness (QED) is 0.731. The first-order valence-electron chi connectivity index (χ1n) is 5.46. The fraction of sp³-hybridized carbons (Fsp3) is 0.0714. The number of aromatic carboxylic acids is 1. The number of carboxylic acids is 1. The molecule has 0 aliphatic carbocycles. The van der Waals surface area contributed by atoms with Crippen LogP contribution in [0, 0.1) is 3.57 Å². The summed E-state index contributed by atoms with van der Waals surface area (Å²) in [6.45, 7) is 0.446. The van der Waals surface area contributed by atoms with E-state index in [1.165, 1.54) is 15.7 Å². The minimum Gasteiger partial charge on any atom is -0.488 e. The summed E-state index contributed by atoms with van der Waals surface area (Å²) in [6, 6.07) is 12.7. The Morgan fingerprint density at radius 2 is 1.89 bits per heavy atom. The summed E-state index contributed by atoms with van der Waals surface area (Å²) >= 11 is 5.56. The first-order valence-corrected chi connectivity index (χ1v) is 7.33. The van der Waals surface area contributed by atoms with Gasteiger partial charge in [0.1, 0.15) is 12.4 Å². The van der Waals surface area contributed by atoms with E-state index in [-0.39, 0.29) is 5.56 Å². The first kappa shape index (κ1) is 14.3. The number of carboxylic acid groups (broad SMARTS) is 1. The smallest absolute Gasteiger partial charge is 0.335 e. The molecule has 5 heteroatoms. The van der Waals surface area contributed by atoms with Crippen LogP contribution in [0.2, 0.25) is 0 Å². The third-order valence-corrected chi connectivity index (χ3v) is 3.83. The molecule has 0 amide bonds. The molecule has 0 spiro atoms. The Labute approximate surface area is 132 Å². The van der Waals surface area contributed by atoms with Gasteiger partial charge in [-0.15, -0.1) is 0 Å². The molecule has 0 saturated heterocycles. The number of halogens is 2. The molecule has 1 N–H and O–H groups in total. The Hall–Kier alpha value is -1.08. The summed E-state index contributed by atoms with van der Waals surface area (Å²) < 4.78 is 7.47. The number of rotatable bonds is 4. The molecule has 3 nitrogen and oxygen atoms in total. The monoisotopic (exact) mass is 432 g/mol. The molecule has 0 fully saturated rings. The van der Waals surface area contributed by atoms with E-state index in [1.807, 2.05) is 24.3 Å². The van der Waals surface area contributed by atoms with E-state index in [4.69, 9.17) is 9.84 Å². The van der Waals surface area contributed by atoms with Crippen molar-refractivity contribution in [3.05, 3.63) is 61.6 Å². The van der Waals surface area contributed by atoms with E-state index in [2.05, 4.69) is 38.5 Å². The molecule has 0 aliphatic rings. The normalized spacial score (nSPS) is 10.2. The van der Waals surface area contributed by atoms with E-state index in [0.717, 1.165) is 5.56 Å².